The van der Waals surface area contributed by atoms with E-state index in [0.717, 1.165) is 24.2 Å². The molecule has 0 heterocycles. The Morgan fingerprint density at radius 1 is 0.962 bits per heavy atom. The first kappa shape index (κ1) is 19.4. The maximum Gasteiger partial charge on any atom is 0.303 e. The van der Waals surface area contributed by atoms with Gasteiger partial charge >= 0.3 is 5.97 Å². The Morgan fingerprint density at radius 2 is 1.65 bits per heavy atom. The molecule has 0 aliphatic carbocycles. The molecule has 4 nitrogen and oxygen atoms in total. The van der Waals surface area contributed by atoms with E-state index in [1.807, 2.05) is 24.3 Å². The van der Waals surface area contributed by atoms with E-state index in [-0.39, 0.29) is 18.0 Å². The van der Waals surface area contributed by atoms with Crippen molar-refractivity contribution in [1.82, 2.24) is 0 Å². The van der Waals surface area contributed by atoms with E-state index in [1.54, 1.807) is 6.08 Å². The molecule has 1 N–H and O–H groups in total. The maximum atomic E-state index is 12.9. The highest BCUT2D eigenvalue weighted by Gasteiger charge is 2.02. The Kier molecular flexibility index (Phi) is 7.55. The zero-order chi connectivity index (χ0) is 18.8. The van der Waals surface area contributed by atoms with Crippen LogP contribution in [-0.2, 0) is 4.79 Å². The number of carboxylic acids is 1. The molecule has 0 saturated heterocycles. The molecular weight excluding hydrogens is 335 g/mol. The van der Waals surface area contributed by atoms with E-state index in [4.69, 9.17) is 9.84 Å². The van der Waals surface area contributed by atoms with Gasteiger partial charge in [-0.25, -0.2) is 4.39 Å². The predicted molar refractivity (Wildman–Crippen MR) is 97.8 cm³/mol. The van der Waals surface area contributed by atoms with Crippen LogP contribution < -0.4 is 4.74 Å². The Hall–Kier alpha value is -2.95. The molecule has 0 fully saturated rings. The number of unbranched alkanes of at least 4 members (excludes halogenated alkanes) is 2. The van der Waals surface area contributed by atoms with Crippen LogP contribution in [0.3, 0.4) is 0 Å². The molecule has 0 radical (unpaired) electrons. The van der Waals surface area contributed by atoms with Crippen LogP contribution in [0.2, 0.25) is 0 Å². The number of rotatable bonds is 10. The van der Waals surface area contributed by atoms with E-state index in [0.29, 0.717) is 18.6 Å². The van der Waals surface area contributed by atoms with Crippen LogP contribution in [0.5, 0.6) is 5.75 Å². The molecule has 136 valence electrons. The summed E-state index contributed by atoms with van der Waals surface area (Å²) in [5.74, 6) is -0.604. The minimum absolute atomic E-state index is 0.188. The fourth-order valence-electron chi connectivity index (χ4n) is 2.30. The second kappa shape index (κ2) is 10.1. The Labute approximate surface area is 151 Å². The summed E-state index contributed by atoms with van der Waals surface area (Å²) in [5.41, 5.74) is 1.29. The average molecular weight is 356 g/mol. The van der Waals surface area contributed by atoms with Crippen molar-refractivity contribution in [2.24, 2.45) is 0 Å². The summed E-state index contributed by atoms with van der Waals surface area (Å²) >= 11 is 0. The number of ether oxygens (including phenoxy) is 1. The molecule has 0 spiro atoms. The fourth-order valence-corrected chi connectivity index (χ4v) is 2.30. The van der Waals surface area contributed by atoms with Gasteiger partial charge in [-0.1, -0.05) is 18.2 Å². The van der Waals surface area contributed by atoms with Gasteiger partial charge in [-0.05, 0) is 67.3 Å². The lowest BCUT2D eigenvalue weighted by Crippen LogP contribution is -1.99. The lowest BCUT2D eigenvalue weighted by molar-refractivity contribution is -0.137. The second-order valence-corrected chi connectivity index (χ2v) is 5.83. The van der Waals surface area contributed by atoms with Crippen LogP contribution >= 0.6 is 0 Å². The monoisotopic (exact) mass is 356 g/mol. The third kappa shape index (κ3) is 6.89. The standard InChI is InChI=1S/C21H21FO4/c22-18-10-8-17(9-11-18)20(23)14-7-16-5-12-19(13-6-16)26-15-3-1-2-4-21(24)25/h5-14H,1-4,15H2,(H,24,25). The highest BCUT2D eigenvalue weighted by atomic mass is 19.1. The number of ketones is 1. The highest BCUT2D eigenvalue weighted by molar-refractivity contribution is 6.06. The van der Waals surface area contributed by atoms with Gasteiger partial charge in [0.15, 0.2) is 5.78 Å². The van der Waals surface area contributed by atoms with E-state index < -0.39 is 5.97 Å². The average Bonchev–Trinajstić information content (AvgIpc) is 2.64. The van der Waals surface area contributed by atoms with Crippen LogP contribution in [0.1, 0.15) is 41.6 Å². The third-order valence-corrected chi connectivity index (χ3v) is 3.74. The Bertz CT molecular complexity index is 749. The van der Waals surface area contributed by atoms with E-state index in [1.165, 1.54) is 30.3 Å². The van der Waals surface area contributed by atoms with Crippen LogP contribution in [0.4, 0.5) is 4.39 Å². The maximum absolute atomic E-state index is 12.9. The normalized spacial score (nSPS) is 10.8. The van der Waals surface area contributed by atoms with Gasteiger partial charge in [0.05, 0.1) is 6.61 Å². The number of hydrogen-bond acceptors (Lipinski definition) is 3. The molecule has 0 atom stereocenters. The van der Waals surface area contributed by atoms with Crippen molar-refractivity contribution in [3.8, 4) is 5.75 Å². The van der Waals surface area contributed by atoms with Crippen molar-refractivity contribution in [2.45, 2.75) is 25.7 Å². The zero-order valence-corrected chi connectivity index (χ0v) is 14.4. The molecule has 0 aliphatic rings. The number of carbonyl (C=O) groups excluding carboxylic acids is 1. The van der Waals surface area contributed by atoms with Crippen LogP contribution in [0.25, 0.3) is 6.08 Å². The van der Waals surface area contributed by atoms with Gasteiger partial charge in [-0.3, -0.25) is 9.59 Å². The van der Waals surface area contributed by atoms with E-state index in [9.17, 15) is 14.0 Å². The molecule has 0 saturated carbocycles. The van der Waals surface area contributed by atoms with E-state index >= 15 is 0 Å². The number of hydrogen-bond donors (Lipinski definition) is 1. The Balaban J connectivity index is 1.77. The Morgan fingerprint density at radius 3 is 2.31 bits per heavy atom. The van der Waals surface area contributed by atoms with Gasteiger partial charge in [0, 0.05) is 12.0 Å². The van der Waals surface area contributed by atoms with Crippen molar-refractivity contribution in [1.29, 1.82) is 0 Å². The number of halogens is 1. The quantitative estimate of drug-likeness (QED) is 0.379. The van der Waals surface area contributed by atoms with Crippen molar-refractivity contribution in [3.05, 3.63) is 71.6 Å². The van der Waals surface area contributed by atoms with Gasteiger partial charge in [0.1, 0.15) is 11.6 Å². The van der Waals surface area contributed by atoms with Crippen LogP contribution in [0, 0.1) is 5.82 Å². The van der Waals surface area contributed by atoms with E-state index in [2.05, 4.69) is 0 Å². The van der Waals surface area contributed by atoms with Gasteiger partial charge in [-0.2, -0.15) is 0 Å². The molecule has 0 bridgehead atoms. The van der Waals surface area contributed by atoms with Gasteiger partial charge in [0.2, 0.25) is 0 Å². The zero-order valence-electron chi connectivity index (χ0n) is 14.4. The lowest BCUT2D eigenvalue weighted by atomic mass is 10.1. The summed E-state index contributed by atoms with van der Waals surface area (Å²) in [6.45, 7) is 0.540. The van der Waals surface area contributed by atoms with Crippen LogP contribution in [-0.4, -0.2) is 23.5 Å². The van der Waals surface area contributed by atoms with Crippen molar-refractivity contribution in [3.63, 3.8) is 0 Å². The fraction of sp³-hybridized carbons (Fsp3) is 0.238. The predicted octanol–water partition coefficient (Wildman–Crippen LogP) is 4.75. The molecule has 0 amide bonds. The number of carbonyl (C=O) groups is 2. The highest BCUT2D eigenvalue weighted by Crippen LogP contribution is 2.14. The molecule has 0 aromatic heterocycles. The van der Waals surface area contributed by atoms with Crippen molar-refractivity contribution >= 4 is 17.8 Å². The minimum atomic E-state index is -0.771. The molecule has 2 aromatic carbocycles. The SMILES string of the molecule is O=C(O)CCCCCOc1ccc(C=CC(=O)c2ccc(F)cc2)cc1. The summed E-state index contributed by atoms with van der Waals surface area (Å²) in [6, 6.07) is 12.7. The first-order chi connectivity index (χ1) is 12.5. The lowest BCUT2D eigenvalue weighted by Gasteiger charge is -2.06. The first-order valence-electron chi connectivity index (χ1n) is 8.47. The van der Waals surface area contributed by atoms with Gasteiger partial charge < -0.3 is 9.84 Å². The number of aliphatic carboxylic acids is 1. The number of carboxylic acid groups (broad SMARTS) is 1. The first-order valence-corrected chi connectivity index (χ1v) is 8.47. The second-order valence-electron chi connectivity index (χ2n) is 5.83. The summed E-state index contributed by atoms with van der Waals surface area (Å²) in [5, 5.41) is 8.55. The van der Waals surface area contributed by atoms with Gasteiger partial charge in [0.25, 0.3) is 0 Å². The number of benzene rings is 2. The summed E-state index contributed by atoms with van der Waals surface area (Å²) in [7, 11) is 0. The summed E-state index contributed by atoms with van der Waals surface area (Å²) in [4.78, 5) is 22.4. The molecule has 0 aliphatic heterocycles. The topological polar surface area (TPSA) is 63.6 Å². The molecule has 2 aromatic rings. The molecule has 2 rings (SSSR count). The van der Waals surface area contributed by atoms with Crippen LogP contribution in [0.15, 0.2) is 54.6 Å². The van der Waals surface area contributed by atoms with Gasteiger partial charge in [-0.15, -0.1) is 0 Å². The third-order valence-electron chi connectivity index (χ3n) is 3.74. The summed E-state index contributed by atoms with van der Waals surface area (Å²) < 4.78 is 18.5. The largest absolute Gasteiger partial charge is 0.494 e. The molecular formula is C21H21FO4. The van der Waals surface area contributed by atoms with Crippen molar-refractivity contribution in [2.75, 3.05) is 6.61 Å². The molecule has 26 heavy (non-hydrogen) atoms. The number of allylic oxidation sites excluding steroid dienone is 1. The molecule has 0 unspecified atom stereocenters. The summed E-state index contributed by atoms with van der Waals surface area (Å²) in [6.07, 6.45) is 5.62. The minimum Gasteiger partial charge on any atom is -0.494 e. The molecule has 5 heteroatoms. The van der Waals surface area contributed by atoms with Crippen molar-refractivity contribution < 1.29 is 23.8 Å². The smallest absolute Gasteiger partial charge is 0.303 e.